The Kier molecular flexibility index (Phi) is 4.56. The Morgan fingerprint density at radius 3 is 2.19 bits per heavy atom. The lowest BCUT2D eigenvalue weighted by Crippen LogP contribution is -2.06. The Morgan fingerprint density at radius 1 is 1.00 bits per heavy atom. The van der Waals surface area contributed by atoms with Crippen LogP contribution < -0.4 is 4.74 Å². The van der Waals surface area contributed by atoms with Gasteiger partial charge in [0.05, 0.1) is 27.7 Å². The molecule has 112 valence electrons. The molecule has 0 saturated heterocycles. The van der Waals surface area contributed by atoms with E-state index in [4.69, 9.17) is 39.5 Å². The number of aromatic nitrogens is 1. The zero-order chi connectivity index (χ0) is 15.8. The van der Waals surface area contributed by atoms with Crippen LogP contribution in [0.2, 0.25) is 15.1 Å². The maximum absolute atomic E-state index is 12.7. The minimum atomic E-state index is -4.51. The van der Waals surface area contributed by atoms with Crippen molar-refractivity contribution in [2.24, 2.45) is 0 Å². The SMILES string of the molecule is COc1cc(C(F)(F)F)cnc1-c1cc(Cl)c(Cl)cc1Cl. The second-order valence-corrected chi connectivity index (χ2v) is 5.24. The molecule has 8 heteroatoms. The van der Waals surface area contributed by atoms with Gasteiger partial charge in [0.15, 0.2) is 0 Å². The molecule has 0 radical (unpaired) electrons. The molecule has 0 bridgehead atoms. The third-order valence-corrected chi connectivity index (χ3v) is 3.70. The topological polar surface area (TPSA) is 22.1 Å². The fraction of sp³-hybridized carbons (Fsp3) is 0.154. The molecule has 1 aromatic carbocycles. The molecule has 0 aliphatic heterocycles. The molecule has 1 heterocycles. The van der Waals surface area contributed by atoms with Crippen molar-refractivity contribution in [3.8, 4) is 17.0 Å². The van der Waals surface area contributed by atoms with Crippen LogP contribution in [0, 0.1) is 0 Å². The highest BCUT2D eigenvalue weighted by atomic mass is 35.5. The number of hydrogen-bond acceptors (Lipinski definition) is 2. The van der Waals surface area contributed by atoms with Crippen molar-refractivity contribution in [2.75, 3.05) is 7.11 Å². The minimum absolute atomic E-state index is 0.0647. The van der Waals surface area contributed by atoms with Gasteiger partial charge in [-0.05, 0) is 18.2 Å². The van der Waals surface area contributed by atoms with Gasteiger partial charge in [-0.1, -0.05) is 34.8 Å². The van der Waals surface area contributed by atoms with Crippen LogP contribution in [-0.4, -0.2) is 12.1 Å². The molecular formula is C13H7Cl3F3NO. The molecule has 0 unspecified atom stereocenters. The number of nitrogens with zero attached hydrogens (tertiary/aromatic N) is 1. The first-order valence-corrected chi connectivity index (χ1v) is 6.63. The van der Waals surface area contributed by atoms with Gasteiger partial charge in [0.25, 0.3) is 0 Å². The monoisotopic (exact) mass is 355 g/mol. The van der Waals surface area contributed by atoms with Gasteiger partial charge in [-0.15, -0.1) is 0 Å². The first-order chi connectivity index (χ1) is 9.74. The van der Waals surface area contributed by atoms with E-state index in [1.165, 1.54) is 19.2 Å². The lowest BCUT2D eigenvalue weighted by Gasteiger charge is -2.13. The third-order valence-electron chi connectivity index (χ3n) is 2.67. The average molecular weight is 357 g/mol. The number of ether oxygens (including phenoxy) is 1. The molecule has 0 aliphatic carbocycles. The van der Waals surface area contributed by atoms with E-state index in [0.29, 0.717) is 11.8 Å². The van der Waals surface area contributed by atoms with Crippen molar-refractivity contribution in [3.63, 3.8) is 0 Å². The Morgan fingerprint density at radius 2 is 1.62 bits per heavy atom. The summed E-state index contributed by atoms with van der Waals surface area (Å²) >= 11 is 17.7. The molecule has 1 aromatic heterocycles. The van der Waals surface area contributed by atoms with Gasteiger partial charge in [-0.25, -0.2) is 0 Å². The van der Waals surface area contributed by atoms with Crippen LogP contribution in [0.1, 0.15) is 5.56 Å². The van der Waals surface area contributed by atoms with Crippen LogP contribution in [0.4, 0.5) is 13.2 Å². The maximum Gasteiger partial charge on any atom is 0.418 e. The van der Waals surface area contributed by atoms with Crippen LogP contribution in [-0.2, 0) is 6.18 Å². The van der Waals surface area contributed by atoms with Crippen molar-refractivity contribution >= 4 is 34.8 Å². The highest BCUT2D eigenvalue weighted by molar-refractivity contribution is 6.44. The molecule has 0 N–H and O–H groups in total. The first-order valence-electron chi connectivity index (χ1n) is 5.50. The molecule has 0 spiro atoms. The smallest absolute Gasteiger partial charge is 0.418 e. The van der Waals surface area contributed by atoms with Gasteiger partial charge in [-0.3, -0.25) is 4.98 Å². The molecule has 21 heavy (non-hydrogen) atoms. The fourth-order valence-corrected chi connectivity index (χ4v) is 2.30. The van der Waals surface area contributed by atoms with E-state index in [1.54, 1.807) is 0 Å². The second-order valence-electron chi connectivity index (χ2n) is 4.02. The number of halogens is 6. The Labute approximate surface area is 133 Å². The molecule has 0 aliphatic rings. The van der Waals surface area contributed by atoms with Crippen molar-refractivity contribution in [2.45, 2.75) is 6.18 Å². The van der Waals surface area contributed by atoms with E-state index < -0.39 is 11.7 Å². The lowest BCUT2D eigenvalue weighted by atomic mass is 10.1. The normalized spacial score (nSPS) is 11.6. The largest absolute Gasteiger partial charge is 0.494 e. The molecule has 2 rings (SSSR count). The van der Waals surface area contributed by atoms with E-state index in [2.05, 4.69) is 4.98 Å². The van der Waals surface area contributed by atoms with Crippen LogP contribution in [0.25, 0.3) is 11.3 Å². The number of alkyl halides is 3. The third kappa shape index (κ3) is 3.36. The van der Waals surface area contributed by atoms with E-state index in [-0.39, 0.29) is 26.5 Å². The molecule has 0 saturated carbocycles. The average Bonchev–Trinajstić information content (AvgIpc) is 2.41. The molecule has 2 nitrogen and oxygen atoms in total. The number of benzene rings is 1. The van der Waals surface area contributed by atoms with Gasteiger partial charge >= 0.3 is 6.18 Å². The van der Waals surface area contributed by atoms with Gasteiger partial charge in [0.2, 0.25) is 0 Å². The second kappa shape index (κ2) is 5.91. The number of pyridine rings is 1. The highest BCUT2D eigenvalue weighted by Crippen LogP contribution is 2.40. The van der Waals surface area contributed by atoms with Gasteiger partial charge < -0.3 is 4.74 Å². The Bertz CT molecular complexity index is 689. The molecule has 0 fully saturated rings. The van der Waals surface area contributed by atoms with Crippen LogP contribution >= 0.6 is 34.8 Å². The zero-order valence-electron chi connectivity index (χ0n) is 10.4. The minimum Gasteiger partial charge on any atom is -0.494 e. The molecule has 0 atom stereocenters. The zero-order valence-corrected chi connectivity index (χ0v) is 12.7. The quantitative estimate of drug-likeness (QED) is 0.640. The molecule has 2 aromatic rings. The van der Waals surface area contributed by atoms with Crippen molar-refractivity contribution in [1.29, 1.82) is 0 Å². The van der Waals surface area contributed by atoms with Gasteiger partial charge in [0, 0.05) is 11.8 Å². The standard InChI is InChI=1S/C13H7Cl3F3NO/c1-21-11-2-6(13(17,18)19)5-20-12(11)7-3-9(15)10(16)4-8(7)14/h2-5H,1H3. The van der Waals surface area contributed by atoms with E-state index >= 15 is 0 Å². The van der Waals surface area contributed by atoms with Crippen LogP contribution in [0.5, 0.6) is 5.75 Å². The molecular weight excluding hydrogens is 350 g/mol. The Balaban J connectivity index is 2.62. The first kappa shape index (κ1) is 16.2. The highest BCUT2D eigenvalue weighted by Gasteiger charge is 2.32. The summed E-state index contributed by atoms with van der Waals surface area (Å²) in [6.07, 6.45) is -3.81. The maximum atomic E-state index is 12.7. The van der Waals surface area contributed by atoms with Crippen LogP contribution in [0.3, 0.4) is 0 Å². The summed E-state index contributed by atoms with van der Waals surface area (Å²) in [6.45, 7) is 0. The molecule has 0 amide bonds. The summed E-state index contributed by atoms with van der Waals surface area (Å²) in [7, 11) is 1.24. The van der Waals surface area contributed by atoms with Crippen molar-refractivity contribution in [3.05, 3.63) is 45.0 Å². The van der Waals surface area contributed by atoms with E-state index in [0.717, 1.165) is 6.07 Å². The van der Waals surface area contributed by atoms with E-state index in [9.17, 15) is 13.2 Å². The van der Waals surface area contributed by atoms with Crippen LogP contribution in [0.15, 0.2) is 24.4 Å². The summed E-state index contributed by atoms with van der Waals surface area (Å²) in [5.41, 5.74) is -0.440. The Hall–Kier alpha value is -1.17. The van der Waals surface area contributed by atoms with Crippen molar-refractivity contribution in [1.82, 2.24) is 4.98 Å². The fourth-order valence-electron chi connectivity index (χ4n) is 1.66. The number of methoxy groups -OCH3 is 1. The summed E-state index contributed by atoms with van der Waals surface area (Å²) < 4.78 is 43.0. The number of hydrogen-bond donors (Lipinski definition) is 0. The van der Waals surface area contributed by atoms with Crippen molar-refractivity contribution < 1.29 is 17.9 Å². The van der Waals surface area contributed by atoms with E-state index in [1.807, 2.05) is 0 Å². The summed E-state index contributed by atoms with van der Waals surface area (Å²) in [5, 5.41) is 0.645. The predicted octanol–water partition coefficient (Wildman–Crippen LogP) is 5.74. The predicted molar refractivity (Wildman–Crippen MR) is 76.3 cm³/mol. The summed E-state index contributed by atoms with van der Waals surface area (Å²) in [6, 6.07) is 3.66. The summed E-state index contributed by atoms with van der Waals surface area (Å²) in [4.78, 5) is 3.79. The lowest BCUT2D eigenvalue weighted by molar-refractivity contribution is -0.137. The van der Waals surface area contributed by atoms with Gasteiger partial charge in [-0.2, -0.15) is 13.2 Å². The van der Waals surface area contributed by atoms with Gasteiger partial charge in [0.1, 0.15) is 11.4 Å². The summed E-state index contributed by atoms with van der Waals surface area (Å²) in [5.74, 6) is -0.0647. The number of rotatable bonds is 2.